The van der Waals surface area contributed by atoms with Crippen LogP contribution in [0.5, 0.6) is 5.75 Å². The predicted octanol–water partition coefficient (Wildman–Crippen LogP) is 4.28. The Kier molecular flexibility index (Phi) is 4.38. The number of halogens is 1. The van der Waals surface area contributed by atoms with Crippen LogP contribution in [0.2, 0.25) is 0 Å². The fourth-order valence-corrected chi connectivity index (χ4v) is 2.54. The quantitative estimate of drug-likeness (QED) is 0.852. The van der Waals surface area contributed by atoms with Crippen molar-refractivity contribution in [3.05, 3.63) is 64.1 Å². The van der Waals surface area contributed by atoms with Crippen LogP contribution in [0.25, 0.3) is 0 Å². The van der Waals surface area contributed by atoms with Crippen molar-refractivity contribution in [1.29, 1.82) is 0 Å². The molecule has 1 N–H and O–H groups in total. The molecule has 0 amide bonds. The smallest absolute Gasteiger partial charge is 0.120 e. The highest BCUT2D eigenvalue weighted by molar-refractivity contribution is 9.10. The highest BCUT2D eigenvalue weighted by atomic mass is 79.9. The van der Waals surface area contributed by atoms with Gasteiger partial charge in [-0.25, -0.2) is 0 Å². The van der Waals surface area contributed by atoms with Crippen LogP contribution in [0.1, 0.15) is 24.0 Å². The van der Waals surface area contributed by atoms with E-state index in [0.717, 1.165) is 22.8 Å². The predicted molar refractivity (Wildman–Crippen MR) is 84.8 cm³/mol. The van der Waals surface area contributed by atoms with Gasteiger partial charge in [0, 0.05) is 17.1 Å². The van der Waals surface area contributed by atoms with E-state index in [-0.39, 0.29) is 0 Å². The second-order valence-corrected chi connectivity index (χ2v) is 6.04. The zero-order valence-electron chi connectivity index (χ0n) is 11.3. The topological polar surface area (TPSA) is 21.3 Å². The van der Waals surface area contributed by atoms with Gasteiger partial charge in [0.25, 0.3) is 0 Å². The van der Waals surface area contributed by atoms with E-state index in [9.17, 15) is 0 Å². The van der Waals surface area contributed by atoms with Crippen molar-refractivity contribution >= 4 is 15.9 Å². The van der Waals surface area contributed by atoms with Crippen molar-refractivity contribution < 1.29 is 4.74 Å². The summed E-state index contributed by atoms with van der Waals surface area (Å²) in [5.41, 5.74) is 2.46. The summed E-state index contributed by atoms with van der Waals surface area (Å²) in [6.45, 7) is 1.52. The molecular weight excluding hydrogens is 314 g/mol. The molecule has 0 heterocycles. The van der Waals surface area contributed by atoms with Gasteiger partial charge in [-0.1, -0.05) is 52.3 Å². The molecule has 0 aliphatic heterocycles. The lowest BCUT2D eigenvalue weighted by Gasteiger charge is -2.10. The molecule has 0 aromatic heterocycles. The summed E-state index contributed by atoms with van der Waals surface area (Å²) in [4.78, 5) is 0. The molecule has 1 aliphatic carbocycles. The summed E-state index contributed by atoms with van der Waals surface area (Å²) in [6.07, 6.45) is 2.63. The Bertz CT molecular complexity index is 566. The Morgan fingerprint density at radius 3 is 2.60 bits per heavy atom. The second-order valence-electron chi connectivity index (χ2n) is 5.18. The fourth-order valence-electron chi connectivity index (χ4n) is 2.04. The van der Waals surface area contributed by atoms with E-state index >= 15 is 0 Å². The third-order valence-electron chi connectivity index (χ3n) is 3.43. The largest absolute Gasteiger partial charge is 0.489 e. The maximum absolute atomic E-state index is 5.82. The van der Waals surface area contributed by atoms with E-state index in [1.807, 2.05) is 30.3 Å². The zero-order chi connectivity index (χ0) is 13.8. The van der Waals surface area contributed by atoms with Crippen LogP contribution in [0.4, 0.5) is 0 Å². The first-order chi connectivity index (χ1) is 9.81. The van der Waals surface area contributed by atoms with Crippen LogP contribution in [0.15, 0.2) is 53.0 Å². The van der Waals surface area contributed by atoms with Gasteiger partial charge in [0.1, 0.15) is 12.4 Å². The van der Waals surface area contributed by atoms with Gasteiger partial charge < -0.3 is 10.1 Å². The molecule has 1 saturated carbocycles. The molecule has 0 atom stereocenters. The van der Waals surface area contributed by atoms with Crippen molar-refractivity contribution in [3.63, 3.8) is 0 Å². The van der Waals surface area contributed by atoms with Gasteiger partial charge >= 0.3 is 0 Å². The number of ether oxygens (including phenoxy) is 1. The Labute approximate surface area is 128 Å². The fraction of sp³-hybridized carbons (Fsp3) is 0.294. The summed E-state index contributed by atoms with van der Waals surface area (Å²) in [7, 11) is 0. The first-order valence-electron chi connectivity index (χ1n) is 7.00. The Morgan fingerprint density at radius 1 is 1.10 bits per heavy atom. The van der Waals surface area contributed by atoms with Gasteiger partial charge in [-0.15, -0.1) is 0 Å². The third kappa shape index (κ3) is 3.84. The summed E-state index contributed by atoms with van der Waals surface area (Å²) in [6, 6.07) is 17.2. The number of hydrogen-bond donors (Lipinski definition) is 1. The van der Waals surface area contributed by atoms with Gasteiger partial charge in [-0.2, -0.15) is 0 Å². The van der Waals surface area contributed by atoms with Crippen molar-refractivity contribution in [3.8, 4) is 5.75 Å². The molecule has 0 bridgehead atoms. The molecule has 0 saturated heterocycles. The molecule has 0 spiro atoms. The van der Waals surface area contributed by atoms with Crippen LogP contribution in [-0.2, 0) is 13.2 Å². The Hall–Kier alpha value is -1.32. The van der Waals surface area contributed by atoms with Crippen LogP contribution in [-0.4, -0.2) is 6.04 Å². The Balaban J connectivity index is 1.58. The number of rotatable bonds is 6. The molecular formula is C17H18BrNO. The highest BCUT2D eigenvalue weighted by Crippen LogP contribution is 2.25. The minimum atomic E-state index is 0.604. The van der Waals surface area contributed by atoms with Gasteiger partial charge in [-0.3, -0.25) is 0 Å². The minimum absolute atomic E-state index is 0.604. The van der Waals surface area contributed by atoms with Crippen molar-refractivity contribution in [2.45, 2.75) is 32.0 Å². The molecule has 2 aromatic carbocycles. The molecule has 0 unspecified atom stereocenters. The van der Waals surface area contributed by atoms with Crippen molar-refractivity contribution in [2.24, 2.45) is 0 Å². The number of hydrogen-bond acceptors (Lipinski definition) is 2. The maximum atomic E-state index is 5.82. The van der Waals surface area contributed by atoms with Gasteiger partial charge in [0.05, 0.1) is 0 Å². The second kappa shape index (κ2) is 6.42. The lowest BCUT2D eigenvalue weighted by Crippen LogP contribution is -2.15. The SMILES string of the molecule is Brc1cc(OCc2ccccc2)ccc1CNC1CC1. The lowest BCUT2D eigenvalue weighted by molar-refractivity contribution is 0.306. The minimum Gasteiger partial charge on any atom is -0.489 e. The molecule has 20 heavy (non-hydrogen) atoms. The first kappa shape index (κ1) is 13.7. The van der Waals surface area contributed by atoms with Crippen LogP contribution in [0, 0.1) is 0 Å². The van der Waals surface area contributed by atoms with E-state index in [1.54, 1.807) is 0 Å². The van der Waals surface area contributed by atoms with Crippen molar-refractivity contribution in [2.75, 3.05) is 0 Å². The monoisotopic (exact) mass is 331 g/mol. The lowest BCUT2D eigenvalue weighted by atomic mass is 10.2. The Morgan fingerprint density at radius 2 is 1.90 bits per heavy atom. The first-order valence-corrected chi connectivity index (χ1v) is 7.79. The maximum Gasteiger partial charge on any atom is 0.120 e. The van der Waals surface area contributed by atoms with Gasteiger partial charge in [0.2, 0.25) is 0 Å². The molecule has 3 rings (SSSR count). The average Bonchev–Trinajstić information content (AvgIpc) is 3.29. The van der Waals surface area contributed by atoms with Crippen LogP contribution >= 0.6 is 15.9 Å². The molecule has 104 valence electrons. The van der Waals surface area contributed by atoms with Crippen LogP contribution < -0.4 is 10.1 Å². The van der Waals surface area contributed by atoms with E-state index < -0.39 is 0 Å². The molecule has 3 heteroatoms. The summed E-state index contributed by atoms with van der Waals surface area (Å²) < 4.78 is 6.92. The van der Waals surface area contributed by atoms with E-state index in [0.29, 0.717) is 6.61 Å². The average molecular weight is 332 g/mol. The van der Waals surface area contributed by atoms with Gasteiger partial charge in [-0.05, 0) is 36.1 Å². The standard InChI is InChI=1S/C17H18BrNO/c18-17-10-16(20-12-13-4-2-1-3-5-13)9-6-14(17)11-19-15-7-8-15/h1-6,9-10,15,19H,7-8,11-12H2. The molecule has 2 aromatic rings. The third-order valence-corrected chi connectivity index (χ3v) is 4.17. The summed E-state index contributed by atoms with van der Waals surface area (Å²) in [5, 5.41) is 3.52. The van der Waals surface area contributed by atoms with E-state index in [4.69, 9.17) is 4.74 Å². The van der Waals surface area contributed by atoms with Crippen LogP contribution in [0.3, 0.4) is 0 Å². The highest BCUT2D eigenvalue weighted by Gasteiger charge is 2.20. The van der Waals surface area contributed by atoms with E-state index in [1.165, 1.54) is 24.0 Å². The molecule has 1 fully saturated rings. The molecule has 0 radical (unpaired) electrons. The van der Waals surface area contributed by atoms with Crippen molar-refractivity contribution in [1.82, 2.24) is 5.32 Å². The normalized spacial score (nSPS) is 14.2. The summed E-state index contributed by atoms with van der Waals surface area (Å²) in [5.74, 6) is 0.899. The number of benzene rings is 2. The molecule has 2 nitrogen and oxygen atoms in total. The number of nitrogens with one attached hydrogen (secondary N) is 1. The summed E-state index contributed by atoms with van der Waals surface area (Å²) >= 11 is 3.62. The molecule has 1 aliphatic rings. The zero-order valence-corrected chi connectivity index (χ0v) is 12.9. The van der Waals surface area contributed by atoms with Gasteiger partial charge in [0.15, 0.2) is 0 Å². The van der Waals surface area contributed by atoms with E-state index in [2.05, 4.69) is 39.4 Å².